The molecule has 0 saturated heterocycles. The third-order valence-corrected chi connectivity index (χ3v) is 6.58. The van der Waals surface area contributed by atoms with E-state index in [1.165, 1.54) is 36.7 Å². The number of hydrogen-bond acceptors (Lipinski definition) is 2. The molecule has 0 atom stereocenters. The van der Waals surface area contributed by atoms with Gasteiger partial charge >= 0.3 is 5.69 Å². The Morgan fingerprint density at radius 1 is 0.893 bits per heavy atom. The summed E-state index contributed by atoms with van der Waals surface area (Å²) in [6.45, 7) is 0. The topological polar surface area (TPSA) is 48.9 Å². The van der Waals surface area contributed by atoms with E-state index in [-0.39, 0.29) is 11.2 Å². The van der Waals surface area contributed by atoms with Gasteiger partial charge in [-0.1, -0.05) is 60.2 Å². The second-order valence-corrected chi connectivity index (χ2v) is 8.77. The summed E-state index contributed by atoms with van der Waals surface area (Å²) in [5.74, 6) is 0. The third-order valence-electron chi connectivity index (χ3n) is 6.05. The molecule has 0 N–H and O–H groups in total. The minimum Gasteiger partial charge on any atom is -0.342 e. The lowest BCUT2D eigenvalue weighted by Crippen LogP contribution is -2.36. The van der Waals surface area contributed by atoms with Crippen molar-refractivity contribution in [1.82, 2.24) is 13.7 Å². The van der Waals surface area contributed by atoms with E-state index in [2.05, 4.69) is 20.5 Å². The van der Waals surface area contributed by atoms with E-state index >= 15 is 0 Å². The molecule has 4 rings (SSSR count). The molecule has 0 aliphatic heterocycles. The Balaban J connectivity index is 2.03. The van der Waals surface area contributed by atoms with Crippen LogP contribution in [-0.4, -0.2) is 13.7 Å². The van der Waals surface area contributed by atoms with Crippen LogP contribution < -0.4 is 11.2 Å². The molecule has 1 aliphatic rings. The average Bonchev–Trinajstić information content (AvgIpc) is 3.05. The molecule has 0 bridgehead atoms. The van der Waals surface area contributed by atoms with E-state index in [0.717, 1.165) is 28.6 Å². The van der Waals surface area contributed by atoms with Gasteiger partial charge in [-0.2, -0.15) is 0 Å². The van der Waals surface area contributed by atoms with Crippen LogP contribution in [0.25, 0.3) is 22.2 Å². The third kappa shape index (κ3) is 3.28. The first-order valence-electron chi connectivity index (χ1n) is 10.1. The van der Waals surface area contributed by atoms with Gasteiger partial charge in [0.05, 0.1) is 16.6 Å². The summed E-state index contributed by atoms with van der Waals surface area (Å²) in [5.41, 5.74) is 2.16. The monoisotopic (exact) mass is 443 g/mol. The lowest BCUT2D eigenvalue weighted by molar-refractivity contribution is 0.375. The molecule has 2 aromatic heterocycles. The standard InChI is InChI=1S/C22H26BrN3O2/c1-24-18-14-26(17-8-6-4-3-5-7-9-17)20(15-10-12-16(23)13-11-15)19(18)21(27)25(2)22(24)28/h10-14,17H,3-9H2,1-2H3. The summed E-state index contributed by atoms with van der Waals surface area (Å²) in [6.07, 6.45) is 10.5. The largest absolute Gasteiger partial charge is 0.342 e. The molecular weight excluding hydrogens is 418 g/mol. The minimum atomic E-state index is -0.283. The fraction of sp³-hybridized carbons (Fsp3) is 0.455. The summed E-state index contributed by atoms with van der Waals surface area (Å²) >= 11 is 3.50. The maximum atomic E-state index is 13.1. The fourth-order valence-electron chi connectivity index (χ4n) is 4.46. The highest BCUT2D eigenvalue weighted by Crippen LogP contribution is 2.36. The van der Waals surface area contributed by atoms with Crippen LogP contribution in [0.4, 0.5) is 0 Å². The van der Waals surface area contributed by atoms with Crippen molar-refractivity contribution in [2.75, 3.05) is 0 Å². The van der Waals surface area contributed by atoms with Gasteiger partial charge in [-0.3, -0.25) is 13.9 Å². The summed E-state index contributed by atoms with van der Waals surface area (Å²) in [7, 11) is 3.31. The van der Waals surface area contributed by atoms with E-state index < -0.39 is 0 Å². The molecule has 1 fully saturated rings. The Morgan fingerprint density at radius 2 is 1.50 bits per heavy atom. The van der Waals surface area contributed by atoms with Gasteiger partial charge in [-0.25, -0.2) is 4.79 Å². The summed E-state index contributed by atoms with van der Waals surface area (Å²) in [6, 6.07) is 8.45. The van der Waals surface area contributed by atoms with Crippen molar-refractivity contribution in [2.45, 2.75) is 51.0 Å². The SMILES string of the molecule is Cn1c(=O)c2c(-c3ccc(Br)cc3)n(C3CCCCCCC3)cc2n(C)c1=O. The molecule has 0 spiro atoms. The molecular formula is C22H26BrN3O2. The highest BCUT2D eigenvalue weighted by Gasteiger charge is 2.23. The molecule has 3 aromatic rings. The normalized spacial score (nSPS) is 16.2. The van der Waals surface area contributed by atoms with Crippen LogP contribution in [0.5, 0.6) is 0 Å². The number of rotatable bonds is 2. The summed E-state index contributed by atoms with van der Waals surface area (Å²) < 4.78 is 6.09. The van der Waals surface area contributed by atoms with Gasteiger partial charge < -0.3 is 4.57 Å². The second-order valence-electron chi connectivity index (χ2n) is 7.86. The van der Waals surface area contributed by atoms with Gasteiger partial charge in [0.15, 0.2) is 0 Å². The summed E-state index contributed by atoms with van der Waals surface area (Å²) in [4.78, 5) is 25.6. The number of aromatic nitrogens is 3. The van der Waals surface area contributed by atoms with Gasteiger partial charge in [0, 0.05) is 30.8 Å². The molecule has 2 heterocycles. The molecule has 1 aliphatic carbocycles. The zero-order chi connectivity index (χ0) is 19.8. The van der Waals surface area contributed by atoms with E-state index in [4.69, 9.17) is 0 Å². The van der Waals surface area contributed by atoms with Gasteiger partial charge in [0.2, 0.25) is 0 Å². The Hall–Kier alpha value is -2.08. The molecule has 0 amide bonds. The van der Waals surface area contributed by atoms with Crippen LogP contribution in [0.2, 0.25) is 0 Å². The van der Waals surface area contributed by atoms with Crippen LogP contribution in [-0.2, 0) is 14.1 Å². The number of halogens is 1. The van der Waals surface area contributed by atoms with Crippen LogP contribution in [0, 0.1) is 0 Å². The zero-order valence-electron chi connectivity index (χ0n) is 16.4. The molecule has 148 valence electrons. The Kier molecular flexibility index (Phi) is 5.32. The molecule has 5 nitrogen and oxygen atoms in total. The first kappa shape index (κ1) is 19.2. The number of nitrogens with zero attached hydrogens (tertiary/aromatic N) is 3. The molecule has 1 saturated carbocycles. The smallest absolute Gasteiger partial charge is 0.330 e. The molecule has 1 aromatic carbocycles. The molecule has 0 radical (unpaired) electrons. The van der Waals surface area contributed by atoms with Crippen molar-refractivity contribution in [2.24, 2.45) is 14.1 Å². The van der Waals surface area contributed by atoms with Gasteiger partial charge in [0.25, 0.3) is 5.56 Å². The number of hydrogen-bond donors (Lipinski definition) is 0. The number of aryl methyl sites for hydroxylation is 1. The lowest BCUT2D eigenvalue weighted by atomic mass is 9.96. The molecule has 0 unspecified atom stereocenters. The first-order chi connectivity index (χ1) is 13.5. The van der Waals surface area contributed by atoms with Gasteiger partial charge in [0.1, 0.15) is 0 Å². The van der Waals surface area contributed by atoms with Crippen LogP contribution >= 0.6 is 15.9 Å². The Labute approximate surface area is 172 Å². The Morgan fingerprint density at radius 3 is 2.14 bits per heavy atom. The maximum absolute atomic E-state index is 13.1. The zero-order valence-corrected chi connectivity index (χ0v) is 18.0. The predicted octanol–water partition coefficient (Wildman–Crippen LogP) is 4.75. The van der Waals surface area contributed by atoms with Crippen LogP contribution in [0.3, 0.4) is 0 Å². The Bertz CT molecular complexity index is 1110. The highest BCUT2D eigenvalue weighted by molar-refractivity contribution is 9.10. The number of benzene rings is 1. The number of fused-ring (bicyclic) bond motifs is 1. The van der Waals surface area contributed by atoms with Crippen molar-refractivity contribution in [3.05, 3.63) is 55.8 Å². The van der Waals surface area contributed by atoms with E-state index in [1.807, 2.05) is 30.5 Å². The van der Waals surface area contributed by atoms with Crippen molar-refractivity contribution in [3.63, 3.8) is 0 Å². The van der Waals surface area contributed by atoms with Gasteiger partial charge in [-0.15, -0.1) is 0 Å². The highest BCUT2D eigenvalue weighted by atomic mass is 79.9. The fourth-order valence-corrected chi connectivity index (χ4v) is 4.73. The maximum Gasteiger partial charge on any atom is 0.330 e. The van der Waals surface area contributed by atoms with Crippen molar-refractivity contribution in [1.29, 1.82) is 0 Å². The average molecular weight is 444 g/mol. The van der Waals surface area contributed by atoms with E-state index in [9.17, 15) is 9.59 Å². The summed E-state index contributed by atoms with van der Waals surface area (Å²) in [5, 5.41) is 0.633. The second kappa shape index (κ2) is 7.74. The van der Waals surface area contributed by atoms with Crippen molar-refractivity contribution in [3.8, 4) is 11.3 Å². The predicted molar refractivity (Wildman–Crippen MR) is 117 cm³/mol. The lowest BCUT2D eigenvalue weighted by Gasteiger charge is -2.24. The molecule has 6 heteroatoms. The quantitative estimate of drug-likeness (QED) is 0.573. The minimum absolute atomic E-state index is 0.222. The van der Waals surface area contributed by atoms with Crippen molar-refractivity contribution < 1.29 is 0 Å². The first-order valence-corrected chi connectivity index (χ1v) is 10.8. The van der Waals surface area contributed by atoms with E-state index in [1.54, 1.807) is 18.7 Å². The van der Waals surface area contributed by atoms with Crippen LogP contribution in [0.1, 0.15) is 51.0 Å². The molecule has 28 heavy (non-hydrogen) atoms. The van der Waals surface area contributed by atoms with Gasteiger partial charge in [-0.05, 0) is 30.5 Å². The van der Waals surface area contributed by atoms with Crippen molar-refractivity contribution >= 4 is 26.8 Å². The van der Waals surface area contributed by atoms with E-state index in [0.29, 0.717) is 16.9 Å². The van der Waals surface area contributed by atoms with Crippen LogP contribution in [0.15, 0.2) is 44.5 Å².